The van der Waals surface area contributed by atoms with Gasteiger partial charge in [-0.05, 0) is 31.9 Å². The number of aromatic amines is 1. The highest BCUT2D eigenvalue weighted by Gasteiger charge is 2.29. The first-order valence-electron chi connectivity index (χ1n) is 9.59. The van der Waals surface area contributed by atoms with E-state index in [1.807, 2.05) is 30.2 Å². The SMILES string of the molecule is Cc1[nH]ncc1CNC(=O)N1CC[C@@H](Oc2cccnc2N2CCCC2)C1. The molecule has 2 aromatic heterocycles. The van der Waals surface area contributed by atoms with Gasteiger partial charge in [0.2, 0.25) is 0 Å². The average molecular weight is 370 g/mol. The lowest BCUT2D eigenvalue weighted by Gasteiger charge is -2.22. The number of carbonyl (C=O) groups excluding carboxylic acids is 1. The van der Waals surface area contributed by atoms with Gasteiger partial charge < -0.3 is 19.9 Å². The van der Waals surface area contributed by atoms with Crippen LogP contribution in [0.15, 0.2) is 24.5 Å². The normalized spacial score (nSPS) is 19.5. The highest BCUT2D eigenvalue weighted by Crippen LogP contribution is 2.30. The molecule has 27 heavy (non-hydrogen) atoms. The molecule has 0 saturated carbocycles. The lowest BCUT2D eigenvalue weighted by molar-refractivity contribution is 0.186. The predicted octanol–water partition coefficient (Wildman–Crippen LogP) is 2.08. The number of aromatic nitrogens is 3. The summed E-state index contributed by atoms with van der Waals surface area (Å²) in [5, 5.41) is 9.82. The molecule has 2 amide bonds. The fraction of sp³-hybridized carbons (Fsp3) is 0.526. The number of H-pyrrole nitrogens is 1. The lowest BCUT2D eigenvalue weighted by atomic mass is 10.3. The van der Waals surface area contributed by atoms with Crippen molar-refractivity contribution in [2.45, 2.75) is 38.8 Å². The van der Waals surface area contributed by atoms with Crippen LogP contribution in [0.2, 0.25) is 0 Å². The van der Waals surface area contributed by atoms with Crippen LogP contribution in [0.3, 0.4) is 0 Å². The molecule has 8 heteroatoms. The van der Waals surface area contributed by atoms with Crippen molar-refractivity contribution in [3.05, 3.63) is 35.8 Å². The number of rotatable bonds is 5. The Balaban J connectivity index is 1.32. The van der Waals surface area contributed by atoms with E-state index in [1.165, 1.54) is 12.8 Å². The summed E-state index contributed by atoms with van der Waals surface area (Å²) in [5.74, 6) is 1.74. The molecule has 2 aliphatic rings. The predicted molar refractivity (Wildman–Crippen MR) is 102 cm³/mol. The Morgan fingerprint density at radius 3 is 3.00 bits per heavy atom. The second kappa shape index (κ2) is 7.85. The van der Waals surface area contributed by atoms with Crippen LogP contribution in [-0.4, -0.2) is 58.4 Å². The number of aryl methyl sites for hydroxylation is 1. The Bertz CT molecular complexity index is 786. The van der Waals surface area contributed by atoms with Crippen LogP contribution in [0.5, 0.6) is 5.75 Å². The summed E-state index contributed by atoms with van der Waals surface area (Å²) in [5.41, 5.74) is 1.98. The Morgan fingerprint density at radius 1 is 1.37 bits per heavy atom. The molecule has 8 nitrogen and oxygen atoms in total. The highest BCUT2D eigenvalue weighted by atomic mass is 16.5. The summed E-state index contributed by atoms with van der Waals surface area (Å²) in [6.45, 7) is 5.76. The van der Waals surface area contributed by atoms with Crippen LogP contribution < -0.4 is 15.0 Å². The van der Waals surface area contributed by atoms with Crippen molar-refractivity contribution in [2.75, 3.05) is 31.1 Å². The molecule has 0 unspecified atom stereocenters. The van der Waals surface area contributed by atoms with Crippen LogP contribution in [0, 0.1) is 6.92 Å². The Kier molecular flexibility index (Phi) is 5.13. The molecule has 4 rings (SSSR count). The highest BCUT2D eigenvalue weighted by molar-refractivity contribution is 5.74. The number of carbonyl (C=O) groups is 1. The summed E-state index contributed by atoms with van der Waals surface area (Å²) in [4.78, 5) is 21.0. The molecule has 4 heterocycles. The number of likely N-dealkylation sites (tertiary alicyclic amines) is 1. The van der Waals surface area contributed by atoms with Crippen LogP contribution in [-0.2, 0) is 6.54 Å². The number of amides is 2. The minimum absolute atomic E-state index is 0.00281. The second-order valence-corrected chi connectivity index (χ2v) is 7.17. The fourth-order valence-electron chi connectivity index (χ4n) is 3.67. The topological polar surface area (TPSA) is 86.4 Å². The summed E-state index contributed by atoms with van der Waals surface area (Å²) in [6, 6.07) is 3.82. The Labute approximate surface area is 158 Å². The van der Waals surface area contributed by atoms with Crippen molar-refractivity contribution in [3.8, 4) is 5.75 Å². The number of pyridine rings is 1. The quantitative estimate of drug-likeness (QED) is 0.842. The fourth-order valence-corrected chi connectivity index (χ4v) is 3.67. The maximum atomic E-state index is 12.4. The van der Waals surface area contributed by atoms with Gasteiger partial charge in [0, 0.05) is 50.1 Å². The van der Waals surface area contributed by atoms with Crippen LogP contribution in [0.4, 0.5) is 10.6 Å². The van der Waals surface area contributed by atoms with Gasteiger partial charge in [0.15, 0.2) is 11.6 Å². The zero-order valence-corrected chi connectivity index (χ0v) is 15.6. The smallest absolute Gasteiger partial charge is 0.317 e. The molecule has 0 bridgehead atoms. The second-order valence-electron chi connectivity index (χ2n) is 7.17. The summed E-state index contributed by atoms with van der Waals surface area (Å²) >= 11 is 0. The number of nitrogens with one attached hydrogen (secondary N) is 2. The van der Waals surface area contributed by atoms with Crippen molar-refractivity contribution in [2.24, 2.45) is 0 Å². The number of anilines is 1. The largest absolute Gasteiger partial charge is 0.485 e. The van der Waals surface area contributed by atoms with Gasteiger partial charge in [0.1, 0.15) is 6.10 Å². The zero-order chi connectivity index (χ0) is 18.6. The van der Waals surface area contributed by atoms with Crippen molar-refractivity contribution in [3.63, 3.8) is 0 Å². The molecule has 0 radical (unpaired) electrons. The first-order chi connectivity index (χ1) is 13.2. The number of urea groups is 1. The average Bonchev–Trinajstić information content (AvgIpc) is 3.43. The van der Waals surface area contributed by atoms with E-state index in [1.54, 1.807) is 6.20 Å². The molecule has 2 saturated heterocycles. The standard InChI is InChI=1S/C19H26N6O2/c1-14-15(12-22-23-14)11-21-19(26)25-10-6-16(13-25)27-17-5-4-7-20-18(17)24-8-2-3-9-24/h4-5,7,12,16H,2-3,6,8-11,13H2,1H3,(H,21,26)(H,22,23)/t16-/m1/s1. The maximum absolute atomic E-state index is 12.4. The molecule has 0 aromatic carbocycles. The van der Waals surface area contributed by atoms with Gasteiger partial charge in [-0.15, -0.1) is 0 Å². The molecule has 2 aromatic rings. The number of ether oxygens (including phenoxy) is 1. The zero-order valence-electron chi connectivity index (χ0n) is 15.6. The minimum atomic E-state index is -0.0624. The van der Waals surface area contributed by atoms with Gasteiger partial charge in [0.25, 0.3) is 0 Å². The van der Waals surface area contributed by atoms with E-state index in [0.29, 0.717) is 19.6 Å². The Morgan fingerprint density at radius 2 is 2.22 bits per heavy atom. The molecule has 0 aliphatic carbocycles. The van der Waals surface area contributed by atoms with E-state index in [9.17, 15) is 4.79 Å². The third-order valence-electron chi connectivity index (χ3n) is 5.25. The van der Waals surface area contributed by atoms with E-state index in [2.05, 4.69) is 25.4 Å². The van der Waals surface area contributed by atoms with E-state index < -0.39 is 0 Å². The number of hydrogen-bond acceptors (Lipinski definition) is 5. The van der Waals surface area contributed by atoms with Crippen LogP contribution in [0.1, 0.15) is 30.5 Å². The summed E-state index contributed by atoms with van der Waals surface area (Å²) < 4.78 is 6.23. The Hall–Kier alpha value is -2.77. The van der Waals surface area contributed by atoms with E-state index in [0.717, 1.165) is 42.3 Å². The minimum Gasteiger partial charge on any atom is -0.485 e. The third kappa shape index (κ3) is 3.99. The van der Waals surface area contributed by atoms with Crippen LogP contribution in [0.25, 0.3) is 0 Å². The van der Waals surface area contributed by atoms with E-state index in [-0.39, 0.29) is 12.1 Å². The summed E-state index contributed by atoms with van der Waals surface area (Å²) in [6.07, 6.45) is 6.78. The van der Waals surface area contributed by atoms with Crippen molar-refractivity contribution in [1.82, 2.24) is 25.4 Å². The molecule has 2 fully saturated rings. The third-order valence-corrected chi connectivity index (χ3v) is 5.25. The van der Waals surface area contributed by atoms with Crippen molar-refractivity contribution >= 4 is 11.8 Å². The van der Waals surface area contributed by atoms with Gasteiger partial charge in [-0.25, -0.2) is 9.78 Å². The van der Waals surface area contributed by atoms with Gasteiger partial charge in [-0.1, -0.05) is 0 Å². The molecule has 2 aliphatic heterocycles. The maximum Gasteiger partial charge on any atom is 0.317 e. The van der Waals surface area contributed by atoms with Gasteiger partial charge in [-0.3, -0.25) is 5.10 Å². The van der Waals surface area contributed by atoms with E-state index >= 15 is 0 Å². The number of nitrogens with zero attached hydrogens (tertiary/aromatic N) is 4. The van der Waals surface area contributed by atoms with Gasteiger partial charge >= 0.3 is 6.03 Å². The summed E-state index contributed by atoms with van der Waals surface area (Å²) in [7, 11) is 0. The van der Waals surface area contributed by atoms with Gasteiger partial charge in [0.05, 0.1) is 12.7 Å². The first kappa shape index (κ1) is 17.6. The molecule has 2 N–H and O–H groups in total. The molecular formula is C19H26N6O2. The van der Waals surface area contributed by atoms with Crippen LogP contribution >= 0.6 is 0 Å². The first-order valence-corrected chi connectivity index (χ1v) is 9.59. The van der Waals surface area contributed by atoms with Gasteiger partial charge in [-0.2, -0.15) is 5.10 Å². The molecular weight excluding hydrogens is 344 g/mol. The molecule has 144 valence electrons. The molecule has 0 spiro atoms. The van der Waals surface area contributed by atoms with E-state index in [4.69, 9.17) is 4.74 Å². The number of hydrogen-bond donors (Lipinski definition) is 2. The molecule has 1 atom stereocenters. The van der Waals surface area contributed by atoms with Crippen molar-refractivity contribution in [1.29, 1.82) is 0 Å². The lowest BCUT2D eigenvalue weighted by Crippen LogP contribution is -2.39. The monoisotopic (exact) mass is 370 g/mol. The van der Waals surface area contributed by atoms with Crippen molar-refractivity contribution < 1.29 is 9.53 Å².